The number of carbonyl (C=O) groups is 1. The number of carbonyl (C=O) groups excluding carboxylic acids is 1. The quantitative estimate of drug-likeness (QED) is 0.921. The highest BCUT2D eigenvalue weighted by molar-refractivity contribution is 8.00. The van der Waals surface area contributed by atoms with E-state index < -0.39 is 0 Å². The van der Waals surface area contributed by atoms with Crippen molar-refractivity contribution in [2.24, 2.45) is 5.73 Å². The molecule has 0 fully saturated rings. The molecule has 0 bridgehead atoms. The molecule has 0 saturated carbocycles. The average molecular weight is 284 g/mol. The van der Waals surface area contributed by atoms with Crippen LogP contribution in [-0.4, -0.2) is 34.4 Å². The normalized spacial score (nSPS) is 15.6. The molecule has 2 rings (SSSR count). The molecule has 1 aromatic heterocycles. The summed E-state index contributed by atoms with van der Waals surface area (Å²) in [5.41, 5.74) is 7.03. The van der Waals surface area contributed by atoms with Crippen LogP contribution in [0.5, 0.6) is 0 Å². The van der Waals surface area contributed by atoms with Gasteiger partial charge in [-0.15, -0.1) is 11.3 Å². The molecule has 0 radical (unpaired) electrons. The van der Waals surface area contributed by atoms with Gasteiger partial charge in [0.2, 0.25) is 5.91 Å². The van der Waals surface area contributed by atoms with Crippen LogP contribution in [0.1, 0.15) is 24.3 Å². The van der Waals surface area contributed by atoms with Gasteiger partial charge in [0.25, 0.3) is 0 Å². The van der Waals surface area contributed by atoms with Gasteiger partial charge in [-0.2, -0.15) is 11.8 Å². The standard InChI is InChI=1S/C13H20N2OS2/c1-13(2,14)9-17-8-12(16)15-5-3-11-10(7-15)4-6-18-11/h4,6H,3,5,7-9,14H2,1-2H3. The number of hydrogen-bond donors (Lipinski definition) is 1. The molecule has 1 aromatic rings. The van der Waals surface area contributed by atoms with Gasteiger partial charge in [0.05, 0.1) is 5.75 Å². The van der Waals surface area contributed by atoms with E-state index in [4.69, 9.17) is 5.73 Å². The summed E-state index contributed by atoms with van der Waals surface area (Å²) in [6.07, 6.45) is 1.01. The second-order valence-electron chi connectivity index (χ2n) is 5.42. The summed E-state index contributed by atoms with van der Waals surface area (Å²) < 4.78 is 0. The van der Waals surface area contributed by atoms with Crippen LogP contribution in [0.15, 0.2) is 11.4 Å². The van der Waals surface area contributed by atoms with Crippen molar-refractivity contribution in [1.29, 1.82) is 0 Å². The lowest BCUT2D eigenvalue weighted by Gasteiger charge is -2.27. The number of nitrogens with two attached hydrogens (primary N) is 1. The number of nitrogens with zero attached hydrogens (tertiary/aromatic N) is 1. The molecule has 2 heterocycles. The van der Waals surface area contributed by atoms with Gasteiger partial charge in [0, 0.05) is 29.3 Å². The molecular formula is C13H20N2OS2. The van der Waals surface area contributed by atoms with Crippen LogP contribution >= 0.6 is 23.1 Å². The fraction of sp³-hybridized carbons (Fsp3) is 0.615. The summed E-state index contributed by atoms with van der Waals surface area (Å²) in [5.74, 6) is 1.59. The first kappa shape index (κ1) is 13.9. The van der Waals surface area contributed by atoms with Gasteiger partial charge in [-0.1, -0.05) is 0 Å². The fourth-order valence-corrected chi connectivity index (χ4v) is 3.83. The van der Waals surface area contributed by atoms with Gasteiger partial charge in [0.15, 0.2) is 0 Å². The topological polar surface area (TPSA) is 46.3 Å². The van der Waals surface area contributed by atoms with Crippen LogP contribution in [0.2, 0.25) is 0 Å². The van der Waals surface area contributed by atoms with Gasteiger partial charge in [0.1, 0.15) is 0 Å². The van der Waals surface area contributed by atoms with E-state index in [2.05, 4.69) is 11.4 Å². The Labute approximate surface area is 117 Å². The molecule has 2 N–H and O–H groups in total. The highest BCUT2D eigenvalue weighted by Crippen LogP contribution is 2.24. The Morgan fingerprint density at radius 3 is 3.11 bits per heavy atom. The monoisotopic (exact) mass is 284 g/mol. The largest absolute Gasteiger partial charge is 0.337 e. The van der Waals surface area contributed by atoms with E-state index in [0.717, 1.165) is 25.3 Å². The fourth-order valence-electron chi connectivity index (χ4n) is 1.95. The van der Waals surface area contributed by atoms with E-state index in [0.29, 0.717) is 5.75 Å². The van der Waals surface area contributed by atoms with E-state index in [-0.39, 0.29) is 11.4 Å². The van der Waals surface area contributed by atoms with Crippen molar-refractivity contribution in [2.45, 2.75) is 32.4 Å². The predicted molar refractivity (Wildman–Crippen MR) is 79.0 cm³/mol. The highest BCUT2D eigenvalue weighted by Gasteiger charge is 2.21. The summed E-state index contributed by atoms with van der Waals surface area (Å²) in [5, 5.41) is 2.12. The lowest BCUT2D eigenvalue weighted by atomic mass is 10.1. The second kappa shape index (κ2) is 5.63. The van der Waals surface area contributed by atoms with Gasteiger partial charge >= 0.3 is 0 Å². The van der Waals surface area contributed by atoms with Crippen LogP contribution in [0.4, 0.5) is 0 Å². The van der Waals surface area contributed by atoms with E-state index in [1.165, 1.54) is 10.4 Å². The Morgan fingerprint density at radius 1 is 1.61 bits per heavy atom. The maximum Gasteiger partial charge on any atom is 0.232 e. The Balaban J connectivity index is 1.81. The van der Waals surface area contributed by atoms with Crippen molar-refractivity contribution >= 4 is 29.0 Å². The zero-order valence-corrected chi connectivity index (χ0v) is 12.6. The SMILES string of the molecule is CC(C)(N)CSCC(=O)N1CCc2sccc2C1. The van der Waals surface area contributed by atoms with E-state index >= 15 is 0 Å². The van der Waals surface area contributed by atoms with Crippen LogP contribution in [0.3, 0.4) is 0 Å². The van der Waals surface area contributed by atoms with Crippen LogP contribution < -0.4 is 5.73 Å². The molecule has 5 heteroatoms. The van der Waals surface area contributed by atoms with E-state index in [9.17, 15) is 4.79 Å². The molecule has 1 aliphatic rings. The number of rotatable bonds is 4. The summed E-state index contributed by atoms with van der Waals surface area (Å²) in [6, 6.07) is 2.13. The van der Waals surface area contributed by atoms with Crippen molar-refractivity contribution < 1.29 is 4.79 Å². The number of thiophene rings is 1. The molecule has 100 valence electrons. The minimum Gasteiger partial charge on any atom is -0.337 e. The zero-order valence-electron chi connectivity index (χ0n) is 10.9. The first-order valence-corrected chi connectivity index (χ1v) is 8.19. The van der Waals surface area contributed by atoms with Gasteiger partial charge in [-0.25, -0.2) is 0 Å². The molecule has 0 spiro atoms. The smallest absolute Gasteiger partial charge is 0.232 e. The third kappa shape index (κ3) is 3.73. The zero-order chi connectivity index (χ0) is 13.2. The minimum atomic E-state index is -0.201. The van der Waals surface area contributed by atoms with Crippen molar-refractivity contribution in [1.82, 2.24) is 4.90 Å². The molecule has 0 atom stereocenters. The number of hydrogen-bond acceptors (Lipinski definition) is 4. The number of amides is 1. The second-order valence-corrected chi connectivity index (χ2v) is 7.40. The lowest BCUT2D eigenvalue weighted by Crippen LogP contribution is -2.38. The van der Waals surface area contributed by atoms with Gasteiger partial charge < -0.3 is 10.6 Å². The van der Waals surface area contributed by atoms with Crippen molar-refractivity contribution in [3.63, 3.8) is 0 Å². The maximum atomic E-state index is 12.1. The van der Waals surface area contributed by atoms with Crippen molar-refractivity contribution in [2.75, 3.05) is 18.1 Å². The summed E-state index contributed by atoms with van der Waals surface area (Å²) in [6.45, 7) is 5.62. The lowest BCUT2D eigenvalue weighted by molar-refractivity contribution is -0.129. The van der Waals surface area contributed by atoms with E-state index in [1.807, 2.05) is 18.7 Å². The Bertz CT molecular complexity index is 423. The Morgan fingerprint density at radius 2 is 2.39 bits per heavy atom. The van der Waals surface area contributed by atoms with Crippen LogP contribution in [0.25, 0.3) is 0 Å². The van der Waals surface area contributed by atoms with Gasteiger partial charge in [-0.3, -0.25) is 4.79 Å². The highest BCUT2D eigenvalue weighted by atomic mass is 32.2. The molecule has 0 saturated heterocycles. The van der Waals surface area contributed by atoms with Crippen molar-refractivity contribution in [3.8, 4) is 0 Å². The first-order chi connectivity index (χ1) is 8.46. The molecule has 3 nitrogen and oxygen atoms in total. The summed E-state index contributed by atoms with van der Waals surface area (Å²) in [7, 11) is 0. The Kier molecular flexibility index (Phi) is 4.35. The molecule has 18 heavy (non-hydrogen) atoms. The first-order valence-electron chi connectivity index (χ1n) is 6.15. The molecule has 0 aromatic carbocycles. The van der Waals surface area contributed by atoms with Crippen LogP contribution in [0, 0.1) is 0 Å². The number of fused-ring (bicyclic) bond motifs is 1. The summed E-state index contributed by atoms with van der Waals surface area (Å²) >= 11 is 3.43. The molecule has 0 unspecified atom stereocenters. The molecule has 0 aliphatic carbocycles. The summed E-state index contributed by atoms with van der Waals surface area (Å²) in [4.78, 5) is 15.5. The minimum absolute atomic E-state index is 0.201. The molecule has 1 aliphatic heterocycles. The molecular weight excluding hydrogens is 264 g/mol. The third-order valence-electron chi connectivity index (χ3n) is 2.86. The van der Waals surface area contributed by atoms with Crippen LogP contribution in [-0.2, 0) is 17.8 Å². The number of thioether (sulfide) groups is 1. The maximum absolute atomic E-state index is 12.1. The van der Waals surface area contributed by atoms with Gasteiger partial charge in [-0.05, 0) is 37.3 Å². The predicted octanol–water partition coefficient (Wildman–Crippen LogP) is 2.10. The third-order valence-corrected chi connectivity index (χ3v) is 5.28. The molecule has 1 amide bonds. The Hall–Kier alpha value is -0.520. The average Bonchev–Trinajstić information content (AvgIpc) is 2.73. The van der Waals surface area contributed by atoms with Crippen molar-refractivity contribution in [3.05, 3.63) is 21.9 Å². The van der Waals surface area contributed by atoms with E-state index in [1.54, 1.807) is 23.1 Å².